The first-order valence-corrected chi connectivity index (χ1v) is 7.75. The van der Waals surface area contributed by atoms with Crippen molar-refractivity contribution < 1.29 is 17.9 Å². The molecular formula is C11H9BrClNO4S. The highest BCUT2D eigenvalue weighted by atomic mass is 79.9. The number of sulfonamides is 1. The molecule has 102 valence electrons. The number of aliphatic hydroxyl groups excluding tert-OH is 1. The maximum atomic E-state index is 12.0. The van der Waals surface area contributed by atoms with Crippen LogP contribution in [-0.4, -0.2) is 13.5 Å². The van der Waals surface area contributed by atoms with E-state index in [1.165, 1.54) is 18.2 Å². The lowest BCUT2D eigenvalue weighted by Crippen LogP contribution is -2.12. The third-order valence-corrected chi connectivity index (χ3v) is 4.28. The molecule has 2 N–H and O–H groups in total. The van der Waals surface area contributed by atoms with Gasteiger partial charge in [-0.1, -0.05) is 27.5 Å². The van der Waals surface area contributed by atoms with Crippen LogP contribution in [0.3, 0.4) is 0 Å². The Kier molecular flexibility index (Phi) is 4.19. The van der Waals surface area contributed by atoms with Crippen LogP contribution in [0.2, 0.25) is 5.02 Å². The summed E-state index contributed by atoms with van der Waals surface area (Å²) in [5.74, 6) is 0.169. The molecule has 0 atom stereocenters. The summed E-state index contributed by atoms with van der Waals surface area (Å²) in [5, 5.41) is 8.82. The number of anilines is 1. The SMILES string of the molecule is O=S(=O)(Nc1ccc(Br)cc1Cl)c1ccc(CO)o1. The quantitative estimate of drug-likeness (QED) is 0.872. The van der Waals surface area contributed by atoms with Crippen molar-refractivity contribution in [2.45, 2.75) is 11.7 Å². The van der Waals surface area contributed by atoms with Crippen LogP contribution in [-0.2, 0) is 16.6 Å². The standard InChI is InChI=1S/C11H9BrClNO4S/c12-7-1-3-10(9(13)5-7)14-19(16,17)11-4-2-8(6-15)18-11/h1-5,14-15H,6H2. The molecule has 0 aliphatic heterocycles. The van der Waals surface area contributed by atoms with Gasteiger partial charge in [0.2, 0.25) is 5.09 Å². The van der Waals surface area contributed by atoms with Gasteiger partial charge in [0.15, 0.2) is 0 Å². The highest BCUT2D eigenvalue weighted by Gasteiger charge is 2.20. The molecule has 0 fully saturated rings. The maximum Gasteiger partial charge on any atom is 0.295 e. The highest BCUT2D eigenvalue weighted by molar-refractivity contribution is 9.10. The Hall–Kier alpha value is -1.02. The van der Waals surface area contributed by atoms with Crippen molar-refractivity contribution in [1.82, 2.24) is 0 Å². The third kappa shape index (κ3) is 3.30. The molecule has 0 aliphatic carbocycles. The minimum atomic E-state index is -3.87. The average Bonchev–Trinajstić information content (AvgIpc) is 2.82. The first-order valence-electron chi connectivity index (χ1n) is 5.10. The van der Waals surface area contributed by atoms with E-state index < -0.39 is 10.0 Å². The van der Waals surface area contributed by atoms with Crippen LogP contribution in [0.4, 0.5) is 5.69 Å². The minimum Gasteiger partial charge on any atom is -0.445 e. The van der Waals surface area contributed by atoms with Gasteiger partial charge in [0.1, 0.15) is 12.4 Å². The van der Waals surface area contributed by atoms with E-state index in [0.717, 1.165) is 4.47 Å². The molecule has 2 rings (SSSR count). The molecule has 1 heterocycles. The number of hydrogen-bond acceptors (Lipinski definition) is 4. The number of hydrogen-bond donors (Lipinski definition) is 2. The van der Waals surface area contributed by atoms with E-state index in [2.05, 4.69) is 20.7 Å². The van der Waals surface area contributed by atoms with Gasteiger partial charge >= 0.3 is 0 Å². The van der Waals surface area contributed by atoms with Gasteiger partial charge in [-0.05, 0) is 30.3 Å². The van der Waals surface area contributed by atoms with Crippen molar-refractivity contribution in [2.24, 2.45) is 0 Å². The largest absolute Gasteiger partial charge is 0.445 e. The van der Waals surface area contributed by atoms with Crippen LogP contribution in [0.5, 0.6) is 0 Å². The lowest BCUT2D eigenvalue weighted by atomic mass is 10.3. The Morgan fingerprint density at radius 2 is 2.05 bits per heavy atom. The van der Waals surface area contributed by atoms with Gasteiger partial charge < -0.3 is 9.52 Å². The van der Waals surface area contributed by atoms with E-state index in [0.29, 0.717) is 0 Å². The smallest absolute Gasteiger partial charge is 0.295 e. The molecule has 0 saturated carbocycles. The summed E-state index contributed by atoms with van der Waals surface area (Å²) >= 11 is 9.15. The molecule has 19 heavy (non-hydrogen) atoms. The Morgan fingerprint density at radius 1 is 1.32 bits per heavy atom. The molecular weight excluding hydrogens is 358 g/mol. The van der Waals surface area contributed by atoms with Gasteiger partial charge in [-0.3, -0.25) is 4.72 Å². The average molecular weight is 367 g/mol. The molecule has 0 amide bonds. The Balaban J connectivity index is 2.30. The first kappa shape index (κ1) is 14.4. The van der Waals surface area contributed by atoms with Gasteiger partial charge in [0, 0.05) is 4.47 Å². The molecule has 0 saturated heterocycles. The lowest BCUT2D eigenvalue weighted by molar-refractivity contribution is 0.236. The van der Waals surface area contributed by atoms with E-state index in [9.17, 15) is 8.42 Å². The van der Waals surface area contributed by atoms with Gasteiger partial charge in [0.25, 0.3) is 10.0 Å². The van der Waals surface area contributed by atoms with Gasteiger partial charge in [0.05, 0.1) is 10.7 Å². The molecule has 2 aromatic rings. The zero-order valence-corrected chi connectivity index (χ0v) is 12.6. The fourth-order valence-electron chi connectivity index (χ4n) is 1.35. The summed E-state index contributed by atoms with van der Waals surface area (Å²) in [6.45, 7) is -0.367. The van der Waals surface area contributed by atoms with E-state index >= 15 is 0 Å². The number of benzene rings is 1. The molecule has 0 aliphatic rings. The van der Waals surface area contributed by atoms with Crippen molar-refractivity contribution in [3.8, 4) is 0 Å². The van der Waals surface area contributed by atoms with Crippen molar-refractivity contribution in [3.63, 3.8) is 0 Å². The van der Waals surface area contributed by atoms with Crippen molar-refractivity contribution >= 4 is 43.2 Å². The summed E-state index contributed by atoms with van der Waals surface area (Å²) < 4.78 is 32.1. The molecule has 0 bridgehead atoms. The zero-order chi connectivity index (χ0) is 14.0. The Labute approximate surface area is 123 Å². The van der Waals surface area contributed by atoms with Gasteiger partial charge in [-0.2, -0.15) is 8.42 Å². The van der Waals surface area contributed by atoms with Gasteiger partial charge in [-0.25, -0.2) is 0 Å². The number of rotatable bonds is 4. The normalized spacial score (nSPS) is 11.5. The van der Waals surface area contributed by atoms with Crippen molar-refractivity contribution in [1.29, 1.82) is 0 Å². The molecule has 0 spiro atoms. The van der Waals surface area contributed by atoms with E-state index in [-0.39, 0.29) is 28.2 Å². The number of furan rings is 1. The van der Waals surface area contributed by atoms with Crippen LogP contribution in [0.25, 0.3) is 0 Å². The summed E-state index contributed by atoms with van der Waals surface area (Å²) in [4.78, 5) is 0. The van der Waals surface area contributed by atoms with Gasteiger partial charge in [-0.15, -0.1) is 0 Å². The fraction of sp³-hybridized carbons (Fsp3) is 0.0909. The van der Waals surface area contributed by atoms with Crippen molar-refractivity contribution in [3.05, 3.63) is 45.6 Å². The van der Waals surface area contributed by atoms with Crippen LogP contribution in [0, 0.1) is 0 Å². The monoisotopic (exact) mass is 365 g/mol. The van der Waals surface area contributed by atoms with E-state index in [1.807, 2.05) is 0 Å². The molecule has 5 nitrogen and oxygen atoms in total. The van der Waals surface area contributed by atoms with Crippen LogP contribution >= 0.6 is 27.5 Å². The number of aliphatic hydroxyl groups is 1. The number of nitrogens with one attached hydrogen (secondary N) is 1. The maximum absolute atomic E-state index is 12.0. The zero-order valence-electron chi connectivity index (χ0n) is 9.43. The van der Waals surface area contributed by atoms with Crippen molar-refractivity contribution in [2.75, 3.05) is 4.72 Å². The molecule has 0 unspecified atom stereocenters. The van der Waals surface area contributed by atoms with E-state index in [4.69, 9.17) is 21.1 Å². The Morgan fingerprint density at radius 3 is 2.63 bits per heavy atom. The van der Waals surface area contributed by atoms with Crippen LogP contribution in [0.15, 0.2) is 44.3 Å². The van der Waals surface area contributed by atoms with Crippen LogP contribution in [0.1, 0.15) is 5.76 Å². The number of halogens is 2. The minimum absolute atomic E-state index is 0.169. The predicted molar refractivity (Wildman–Crippen MR) is 74.6 cm³/mol. The second-order valence-electron chi connectivity index (χ2n) is 3.61. The fourth-order valence-corrected chi connectivity index (χ4v) is 3.16. The second-order valence-corrected chi connectivity index (χ2v) is 6.54. The molecule has 1 aromatic carbocycles. The topological polar surface area (TPSA) is 79.5 Å². The molecule has 1 aromatic heterocycles. The molecule has 8 heteroatoms. The highest BCUT2D eigenvalue weighted by Crippen LogP contribution is 2.28. The molecule has 0 radical (unpaired) electrons. The second kappa shape index (κ2) is 5.54. The summed E-state index contributed by atoms with van der Waals surface area (Å²) in [5.41, 5.74) is 0.242. The Bertz CT molecular complexity index is 698. The van der Waals surface area contributed by atoms with Crippen LogP contribution < -0.4 is 4.72 Å². The lowest BCUT2D eigenvalue weighted by Gasteiger charge is -2.07. The summed E-state index contributed by atoms with van der Waals surface area (Å²) in [6, 6.07) is 7.41. The predicted octanol–water partition coefficient (Wildman–Crippen LogP) is 2.99. The van der Waals surface area contributed by atoms with E-state index in [1.54, 1.807) is 12.1 Å². The summed E-state index contributed by atoms with van der Waals surface area (Å²) in [7, 11) is -3.87. The summed E-state index contributed by atoms with van der Waals surface area (Å²) in [6.07, 6.45) is 0. The first-order chi connectivity index (χ1) is 8.92. The third-order valence-electron chi connectivity index (χ3n) is 2.23.